The Morgan fingerprint density at radius 1 is 1.28 bits per heavy atom. The zero-order valence-electron chi connectivity index (χ0n) is 9.74. The van der Waals surface area contributed by atoms with Gasteiger partial charge in [-0.25, -0.2) is 9.97 Å². The number of benzene rings is 1. The van der Waals surface area contributed by atoms with E-state index < -0.39 is 0 Å². The van der Waals surface area contributed by atoms with Crippen LogP contribution in [0.25, 0.3) is 28.5 Å². The Bertz CT molecular complexity index is 727. The van der Waals surface area contributed by atoms with Gasteiger partial charge >= 0.3 is 0 Å². The van der Waals surface area contributed by atoms with Gasteiger partial charge in [0.2, 0.25) is 0 Å². The number of nitrogens with two attached hydrogens (primary N) is 1. The summed E-state index contributed by atoms with van der Waals surface area (Å²) >= 11 is 0. The first-order valence-corrected chi connectivity index (χ1v) is 5.60. The van der Waals surface area contributed by atoms with Gasteiger partial charge < -0.3 is 10.3 Å². The van der Waals surface area contributed by atoms with Crippen LogP contribution in [0.15, 0.2) is 49.3 Å². The number of anilines is 1. The molecule has 4 heteroatoms. The molecule has 2 N–H and O–H groups in total. The lowest BCUT2D eigenvalue weighted by molar-refractivity contribution is 1.12. The monoisotopic (exact) mass is 236 g/mol. The highest BCUT2D eigenvalue weighted by Gasteiger charge is 2.09. The molecule has 0 saturated heterocycles. The number of pyridine rings is 1. The maximum atomic E-state index is 5.98. The van der Waals surface area contributed by atoms with Crippen molar-refractivity contribution < 1.29 is 0 Å². The number of nitrogens with zero attached hydrogens (tertiary/aromatic N) is 3. The maximum Gasteiger partial charge on any atom is 0.162 e. The van der Waals surface area contributed by atoms with Crippen molar-refractivity contribution in [3.8, 4) is 11.5 Å². The molecule has 0 saturated carbocycles. The number of nitrogen functional groups attached to an aromatic ring is 1. The van der Waals surface area contributed by atoms with Crippen molar-refractivity contribution in [2.24, 2.45) is 0 Å². The van der Waals surface area contributed by atoms with Crippen LogP contribution in [-0.4, -0.2) is 14.5 Å². The molecule has 0 aliphatic heterocycles. The molecule has 0 fully saturated rings. The standard InChI is InChI=1S/C14H12N4/c1-2-18-8-7-16-14(18)12-9-10-5-3-4-6-11(10)13(15)17-12/h2-9H,1H2,(H2,15,17). The van der Waals surface area contributed by atoms with Gasteiger partial charge in [0.15, 0.2) is 5.82 Å². The Morgan fingerprint density at radius 2 is 2.11 bits per heavy atom. The fourth-order valence-corrected chi connectivity index (χ4v) is 2.00. The molecular weight excluding hydrogens is 224 g/mol. The lowest BCUT2D eigenvalue weighted by Crippen LogP contribution is -1.97. The first-order chi connectivity index (χ1) is 8.79. The first-order valence-electron chi connectivity index (χ1n) is 5.60. The second kappa shape index (κ2) is 4.00. The van der Waals surface area contributed by atoms with Gasteiger partial charge in [-0.2, -0.15) is 0 Å². The summed E-state index contributed by atoms with van der Waals surface area (Å²) in [5.74, 6) is 1.25. The van der Waals surface area contributed by atoms with E-state index in [0.717, 1.165) is 22.3 Å². The fraction of sp³-hybridized carbons (Fsp3) is 0. The minimum atomic E-state index is 0.515. The van der Waals surface area contributed by atoms with Crippen molar-refractivity contribution in [1.82, 2.24) is 14.5 Å². The average Bonchev–Trinajstić information content (AvgIpc) is 2.87. The Kier molecular flexibility index (Phi) is 2.34. The molecule has 4 nitrogen and oxygen atoms in total. The topological polar surface area (TPSA) is 56.7 Å². The normalized spacial score (nSPS) is 10.7. The van der Waals surface area contributed by atoms with E-state index in [-0.39, 0.29) is 0 Å². The van der Waals surface area contributed by atoms with E-state index in [1.54, 1.807) is 12.4 Å². The van der Waals surface area contributed by atoms with Gasteiger partial charge in [-0.15, -0.1) is 0 Å². The second-order valence-corrected chi connectivity index (χ2v) is 3.95. The third-order valence-corrected chi connectivity index (χ3v) is 2.86. The molecule has 0 amide bonds. The maximum absolute atomic E-state index is 5.98. The van der Waals surface area contributed by atoms with Crippen LogP contribution < -0.4 is 5.73 Å². The molecule has 0 aliphatic rings. The summed E-state index contributed by atoms with van der Waals surface area (Å²) in [6.07, 6.45) is 5.23. The van der Waals surface area contributed by atoms with Crippen LogP contribution in [0.1, 0.15) is 0 Å². The van der Waals surface area contributed by atoms with E-state index in [4.69, 9.17) is 5.73 Å². The van der Waals surface area contributed by atoms with Gasteiger partial charge in [0, 0.05) is 24.0 Å². The van der Waals surface area contributed by atoms with E-state index in [1.807, 2.05) is 41.1 Å². The van der Waals surface area contributed by atoms with E-state index in [2.05, 4.69) is 16.5 Å². The van der Waals surface area contributed by atoms with Crippen LogP contribution in [0.5, 0.6) is 0 Å². The predicted molar refractivity (Wildman–Crippen MR) is 73.8 cm³/mol. The molecule has 2 heterocycles. The summed E-state index contributed by atoms with van der Waals surface area (Å²) in [5.41, 5.74) is 6.73. The second-order valence-electron chi connectivity index (χ2n) is 3.95. The predicted octanol–water partition coefficient (Wildman–Crippen LogP) is 2.78. The Morgan fingerprint density at radius 3 is 2.94 bits per heavy atom. The highest BCUT2D eigenvalue weighted by Crippen LogP contribution is 2.25. The quantitative estimate of drug-likeness (QED) is 0.744. The molecule has 3 rings (SSSR count). The largest absolute Gasteiger partial charge is 0.383 e. The summed E-state index contributed by atoms with van der Waals surface area (Å²) in [6.45, 7) is 3.74. The third-order valence-electron chi connectivity index (χ3n) is 2.86. The van der Waals surface area contributed by atoms with Crippen molar-refractivity contribution >= 4 is 22.8 Å². The number of imidazole rings is 1. The highest BCUT2D eigenvalue weighted by molar-refractivity contribution is 5.93. The minimum Gasteiger partial charge on any atom is -0.383 e. The van der Waals surface area contributed by atoms with Crippen molar-refractivity contribution in [3.63, 3.8) is 0 Å². The summed E-state index contributed by atoms with van der Waals surface area (Å²) < 4.78 is 1.82. The lowest BCUT2D eigenvalue weighted by Gasteiger charge is -2.06. The van der Waals surface area contributed by atoms with E-state index in [0.29, 0.717) is 5.82 Å². The van der Waals surface area contributed by atoms with E-state index in [1.165, 1.54) is 0 Å². The number of hydrogen-bond donors (Lipinski definition) is 1. The van der Waals surface area contributed by atoms with Crippen molar-refractivity contribution in [1.29, 1.82) is 0 Å². The van der Waals surface area contributed by atoms with Gasteiger partial charge in [-0.05, 0) is 11.5 Å². The highest BCUT2D eigenvalue weighted by atomic mass is 15.1. The minimum absolute atomic E-state index is 0.515. The molecule has 88 valence electrons. The molecule has 0 radical (unpaired) electrons. The zero-order chi connectivity index (χ0) is 12.5. The van der Waals surface area contributed by atoms with Gasteiger partial charge in [-0.3, -0.25) is 0 Å². The van der Waals surface area contributed by atoms with Crippen LogP contribution in [0.2, 0.25) is 0 Å². The Balaban J connectivity index is 2.28. The van der Waals surface area contributed by atoms with Gasteiger partial charge in [0.25, 0.3) is 0 Å². The summed E-state index contributed by atoms with van der Waals surface area (Å²) in [6, 6.07) is 9.88. The first kappa shape index (κ1) is 10.5. The molecule has 0 spiro atoms. The number of hydrogen-bond acceptors (Lipinski definition) is 3. The van der Waals surface area contributed by atoms with Gasteiger partial charge in [-0.1, -0.05) is 30.8 Å². The average molecular weight is 236 g/mol. The molecule has 0 aliphatic carbocycles. The van der Waals surface area contributed by atoms with Gasteiger partial charge in [0.05, 0.1) is 0 Å². The van der Waals surface area contributed by atoms with E-state index >= 15 is 0 Å². The SMILES string of the molecule is C=Cn1ccnc1-c1cc2ccccc2c(N)n1. The molecule has 3 aromatic rings. The molecule has 0 atom stereocenters. The number of aromatic nitrogens is 3. The number of fused-ring (bicyclic) bond motifs is 1. The molecule has 0 unspecified atom stereocenters. The summed E-state index contributed by atoms with van der Waals surface area (Å²) in [4.78, 5) is 8.68. The lowest BCUT2D eigenvalue weighted by atomic mass is 10.1. The molecule has 18 heavy (non-hydrogen) atoms. The smallest absolute Gasteiger partial charge is 0.162 e. The summed E-state index contributed by atoms with van der Waals surface area (Å²) in [7, 11) is 0. The van der Waals surface area contributed by atoms with E-state index in [9.17, 15) is 0 Å². The van der Waals surface area contributed by atoms with Crippen LogP contribution >= 0.6 is 0 Å². The van der Waals surface area contributed by atoms with Crippen LogP contribution in [-0.2, 0) is 0 Å². The molecule has 2 aromatic heterocycles. The fourth-order valence-electron chi connectivity index (χ4n) is 2.00. The molecular formula is C14H12N4. The van der Waals surface area contributed by atoms with Crippen molar-refractivity contribution in [2.75, 3.05) is 5.73 Å². The Hall–Kier alpha value is -2.62. The van der Waals surface area contributed by atoms with Crippen molar-refractivity contribution in [3.05, 3.63) is 49.3 Å². The zero-order valence-corrected chi connectivity index (χ0v) is 9.74. The molecule has 0 bridgehead atoms. The van der Waals surface area contributed by atoms with Crippen molar-refractivity contribution in [2.45, 2.75) is 0 Å². The van der Waals surface area contributed by atoms with Crippen LogP contribution in [0.4, 0.5) is 5.82 Å². The summed E-state index contributed by atoms with van der Waals surface area (Å²) in [5, 5.41) is 2.01. The van der Waals surface area contributed by atoms with Gasteiger partial charge in [0.1, 0.15) is 11.5 Å². The van der Waals surface area contributed by atoms with Crippen LogP contribution in [0, 0.1) is 0 Å². The van der Waals surface area contributed by atoms with Crippen LogP contribution in [0.3, 0.4) is 0 Å². The molecule has 1 aromatic carbocycles. The Labute approximate surface area is 104 Å². The third kappa shape index (κ3) is 1.55. The number of rotatable bonds is 2.